The van der Waals surface area contributed by atoms with Gasteiger partial charge < -0.3 is 10.1 Å². The number of fused-ring (bicyclic) bond motifs is 3. The highest BCUT2D eigenvalue weighted by Gasteiger charge is 2.16. The molecule has 4 aromatic carbocycles. The molecule has 0 aliphatic carbocycles. The van der Waals surface area contributed by atoms with E-state index in [4.69, 9.17) is 0 Å². The fraction of sp³-hybridized carbons (Fsp3) is 0. The maximum Gasteiger partial charge on any atom is 0.336 e. The number of nitrogens with one attached hydrogen (secondary N) is 1. The van der Waals surface area contributed by atoms with Gasteiger partial charge in [-0.05, 0) is 46.5 Å². The number of hydrogen-bond donors (Lipinski definition) is 2. The molecule has 0 atom stereocenters. The van der Waals surface area contributed by atoms with Gasteiger partial charge in [-0.1, -0.05) is 66.7 Å². The summed E-state index contributed by atoms with van der Waals surface area (Å²) in [6.07, 6.45) is 0. The highest BCUT2D eigenvalue weighted by molar-refractivity contribution is 6.20. The molecule has 0 aliphatic rings. The average Bonchev–Trinajstić information content (AvgIpc) is 3.13. The predicted molar refractivity (Wildman–Crippen MR) is 114 cm³/mol. The number of hydrogen-bond acceptors (Lipinski definition) is 1. The normalized spacial score (nSPS) is 11.1. The van der Waals surface area contributed by atoms with Crippen molar-refractivity contribution in [2.24, 2.45) is 0 Å². The van der Waals surface area contributed by atoms with Crippen molar-refractivity contribution in [1.82, 2.24) is 4.98 Å². The lowest BCUT2D eigenvalue weighted by Gasteiger charge is -2.09. The summed E-state index contributed by atoms with van der Waals surface area (Å²) in [5, 5.41) is 11.4. The summed E-state index contributed by atoms with van der Waals surface area (Å²) < 4.78 is 0. The van der Waals surface area contributed by atoms with Gasteiger partial charge >= 0.3 is 5.97 Å². The van der Waals surface area contributed by atoms with Crippen LogP contribution in [0.2, 0.25) is 0 Å². The second-order valence-corrected chi connectivity index (χ2v) is 6.83. The quantitative estimate of drug-likeness (QED) is 0.392. The van der Waals surface area contributed by atoms with Crippen molar-refractivity contribution in [3.8, 4) is 22.3 Å². The molecule has 0 radical (unpaired) electrons. The van der Waals surface area contributed by atoms with E-state index in [0.717, 1.165) is 44.1 Å². The van der Waals surface area contributed by atoms with E-state index in [1.54, 1.807) is 12.1 Å². The molecule has 3 nitrogen and oxygen atoms in total. The van der Waals surface area contributed by atoms with Crippen LogP contribution in [0.3, 0.4) is 0 Å². The van der Waals surface area contributed by atoms with E-state index in [0.29, 0.717) is 5.56 Å². The van der Waals surface area contributed by atoms with Crippen molar-refractivity contribution in [1.29, 1.82) is 0 Å². The van der Waals surface area contributed by atoms with Crippen LogP contribution >= 0.6 is 0 Å². The minimum atomic E-state index is -0.917. The fourth-order valence-electron chi connectivity index (χ4n) is 3.91. The number of aromatic amines is 1. The number of aromatic nitrogens is 1. The van der Waals surface area contributed by atoms with Crippen LogP contribution in [-0.4, -0.2) is 16.1 Å². The molecule has 0 amide bonds. The Hall–Kier alpha value is -3.85. The number of aromatic carboxylic acids is 1. The Morgan fingerprint density at radius 3 is 2.07 bits per heavy atom. The Balaban J connectivity index is 1.81. The second-order valence-electron chi connectivity index (χ2n) is 6.83. The first-order valence-corrected chi connectivity index (χ1v) is 9.15. The first kappa shape index (κ1) is 16.3. The Labute approximate surface area is 161 Å². The van der Waals surface area contributed by atoms with E-state index in [9.17, 15) is 9.90 Å². The summed E-state index contributed by atoms with van der Waals surface area (Å²) >= 11 is 0. The van der Waals surface area contributed by atoms with Crippen LogP contribution in [0.5, 0.6) is 0 Å². The fourth-order valence-corrected chi connectivity index (χ4v) is 3.91. The molecule has 3 heteroatoms. The molecule has 28 heavy (non-hydrogen) atoms. The van der Waals surface area contributed by atoms with Crippen molar-refractivity contribution in [3.63, 3.8) is 0 Å². The molecule has 0 saturated heterocycles. The molecular formula is C25H17NO2. The Morgan fingerprint density at radius 2 is 1.29 bits per heavy atom. The lowest BCUT2D eigenvalue weighted by molar-refractivity contribution is 0.0699. The maximum atomic E-state index is 11.8. The molecule has 5 aromatic rings. The molecule has 0 spiro atoms. The van der Waals surface area contributed by atoms with Gasteiger partial charge in [0.2, 0.25) is 0 Å². The van der Waals surface area contributed by atoms with Crippen LogP contribution in [0, 0.1) is 0 Å². The van der Waals surface area contributed by atoms with E-state index in [2.05, 4.69) is 41.4 Å². The van der Waals surface area contributed by atoms with Gasteiger partial charge in [0, 0.05) is 21.8 Å². The largest absolute Gasteiger partial charge is 0.478 e. The van der Waals surface area contributed by atoms with Gasteiger partial charge in [-0.15, -0.1) is 0 Å². The van der Waals surface area contributed by atoms with Gasteiger partial charge in [-0.3, -0.25) is 0 Å². The topological polar surface area (TPSA) is 53.1 Å². The average molecular weight is 363 g/mol. The zero-order valence-corrected chi connectivity index (χ0v) is 15.0. The van der Waals surface area contributed by atoms with Crippen LogP contribution in [0.25, 0.3) is 44.1 Å². The van der Waals surface area contributed by atoms with Crippen LogP contribution in [0.1, 0.15) is 10.4 Å². The molecule has 0 saturated carbocycles. The number of carboxylic acid groups (broad SMARTS) is 1. The lowest BCUT2D eigenvalue weighted by Crippen LogP contribution is -1.96. The third-order valence-electron chi connectivity index (χ3n) is 5.16. The zero-order chi connectivity index (χ0) is 19.1. The molecule has 0 bridgehead atoms. The standard InChI is InChI=1S/C25H17NO2/c27-25(28)20-12-6-14-22-24(20)23-19(11-5-13-21(23)26-22)18-10-4-9-17(15-18)16-7-2-1-3-8-16/h1-15,26H,(H,27,28). The van der Waals surface area contributed by atoms with Crippen LogP contribution in [0.4, 0.5) is 0 Å². The van der Waals surface area contributed by atoms with Gasteiger partial charge in [0.05, 0.1) is 5.56 Å². The summed E-state index contributed by atoms with van der Waals surface area (Å²) in [5.74, 6) is -0.917. The van der Waals surface area contributed by atoms with E-state index in [1.807, 2.05) is 42.5 Å². The van der Waals surface area contributed by atoms with Crippen molar-refractivity contribution in [2.75, 3.05) is 0 Å². The van der Waals surface area contributed by atoms with E-state index in [1.165, 1.54) is 0 Å². The number of H-pyrrole nitrogens is 1. The van der Waals surface area contributed by atoms with Crippen LogP contribution in [0.15, 0.2) is 91.0 Å². The number of rotatable bonds is 3. The summed E-state index contributed by atoms with van der Waals surface area (Å²) in [6, 6.07) is 30.0. The monoisotopic (exact) mass is 363 g/mol. The van der Waals surface area contributed by atoms with Gasteiger partial charge in [0.15, 0.2) is 0 Å². The van der Waals surface area contributed by atoms with Crippen molar-refractivity contribution in [3.05, 3.63) is 96.6 Å². The summed E-state index contributed by atoms with van der Waals surface area (Å²) in [7, 11) is 0. The molecule has 5 rings (SSSR count). The molecule has 2 N–H and O–H groups in total. The minimum Gasteiger partial charge on any atom is -0.478 e. The van der Waals surface area contributed by atoms with Gasteiger partial charge in [0.1, 0.15) is 0 Å². The van der Waals surface area contributed by atoms with Gasteiger partial charge in [0.25, 0.3) is 0 Å². The minimum absolute atomic E-state index is 0.315. The molecule has 0 fully saturated rings. The Bertz CT molecular complexity index is 1330. The maximum absolute atomic E-state index is 11.8. The summed E-state index contributed by atoms with van der Waals surface area (Å²) in [4.78, 5) is 15.2. The van der Waals surface area contributed by atoms with Gasteiger partial charge in [-0.25, -0.2) is 4.79 Å². The van der Waals surface area contributed by atoms with Gasteiger partial charge in [-0.2, -0.15) is 0 Å². The predicted octanol–water partition coefficient (Wildman–Crippen LogP) is 6.35. The third-order valence-corrected chi connectivity index (χ3v) is 5.16. The Kier molecular flexibility index (Phi) is 3.73. The smallest absolute Gasteiger partial charge is 0.336 e. The molecular weight excluding hydrogens is 346 g/mol. The molecule has 0 aliphatic heterocycles. The Morgan fingerprint density at radius 1 is 0.643 bits per heavy atom. The van der Waals surface area contributed by atoms with E-state index >= 15 is 0 Å². The van der Waals surface area contributed by atoms with Crippen molar-refractivity contribution < 1.29 is 9.90 Å². The van der Waals surface area contributed by atoms with Crippen molar-refractivity contribution >= 4 is 27.8 Å². The lowest BCUT2D eigenvalue weighted by atomic mass is 9.95. The summed E-state index contributed by atoms with van der Waals surface area (Å²) in [6.45, 7) is 0. The first-order chi connectivity index (χ1) is 13.7. The highest BCUT2D eigenvalue weighted by atomic mass is 16.4. The highest BCUT2D eigenvalue weighted by Crippen LogP contribution is 2.37. The molecule has 134 valence electrons. The molecule has 1 heterocycles. The molecule has 0 unspecified atom stereocenters. The summed E-state index contributed by atoms with van der Waals surface area (Å²) in [5.41, 5.74) is 6.46. The van der Waals surface area contributed by atoms with E-state index in [-0.39, 0.29) is 0 Å². The van der Waals surface area contributed by atoms with Crippen molar-refractivity contribution in [2.45, 2.75) is 0 Å². The number of carbonyl (C=O) groups is 1. The second kappa shape index (κ2) is 6.39. The third kappa shape index (κ3) is 2.57. The number of carboxylic acids is 1. The van der Waals surface area contributed by atoms with Crippen LogP contribution in [-0.2, 0) is 0 Å². The number of benzene rings is 4. The molecule has 1 aromatic heterocycles. The zero-order valence-electron chi connectivity index (χ0n) is 15.0. The first-order valence-electron chi connectivity index (χ1n) is 9.15. The van der Waals surface area contributed by atoms with Crippen LogP contribution < -0.4 is 0 Å². The SMILES string of the molecule is O=C(O)c1cccc2[nH]c3cccc(-c4cccc(-c5ccccc5)c4)c3c12. The van der Waals surface area contributed by atoms with E-state index < -0.39 is 5.97 Å².